The number of nitrogens with zero attached hydrogens (tertiary/aromatic N) is 3. The summed E-state index contributed by atoms with van der Waals surface area (Å²) in [7, 11) is 0. The first-order valence-corrected chi connectivity index (χ1v) is 3.68. The maximum absolute atomic E-state index is 10.5. The number of hydrogen-bond donors (Lipinski definition) is 0. The first-order chi connectivity index (χ1) is 6.36. The molecule has 0 atom stereocenters. The Bertz CT molecular complexity index is 507. The van der Waals surface area contributed by atoms with Crippen molar-refractivity contribution in [3.05, 3.63) is 35.8 Å². The smallest absolute Gasteiger partial charge is 0.168 e. The summed E-state index contributed by atoms with van der Waals surface area (Å²) in [4.78, 5) is 14.5. The van der Waals surface area contributed by atoms with Crippen molar-refractivity contribution in [1.29, 1.82) is 5.26 Å². The predicted octanol–water partition coefficient (Wildman–Crippen LogP) is 1.02. The number of fused-ring (bicyclic) bond motifs is 1. The second kappa shape index (κ2) is 2.72. The van der Waals surface area contributed by atoms with E-state index in [-0.39, 0.29) is 0 Å². The van der Waals surface area contributed by atoms with Crippen LogP contribution in [0.3, 0.4) is 0 Å². The maximum atomic E-state index is 10.5. The number of pyridine rings is 1. The normalized spacial score (nSPS) is 9.77. The highest BCUT2D eigenvalue weighted by atomic mass is 16.1. The largest absolute Gasteiger partial charge is 0.296 e. The standard InChI is InChI=1S/C9H5N3O/c10-4-7-2-1-3-12-8(6-13)5-11-9(7)12/h1-3,5-6H. The van der Waals surface area contributed by atoms with Crippen molar-refractivity contribution < 1.29 is 4.79 Å². The molecule has 13 heavy (non-hydrogen) atoms. The third-order valence-electron chi connectivity index (χ3n) is 1.81. The molecule has 2 heterocycles. The summed E-state index contributed by atoms with van der Waals surface area (Å²) in [5, 5.41) is 8.73. The van der Waals surface area contributed by atoms with Gasteiger partial charge in [-0.2, -0.15) is 5.26 Å². The van der Waals surface area contributed by atoms with Gasteiger partial charge in [0.2, 0.25) is 0 Å². The Labute approximate surface area is 74.1 Å². The summed E-state index contributed by atoms with van der Waals surface area (Å²) in [6, 6.07) is 5.38. The number of rotatable bonds is 1. The minimum absolute atomic E-state index is 0.451. The zero-order chi connectivity index (χ0) is 9.26. The molecule has 4 heteroatoms. The first kappa shape index (κ1) is 7.50. The van der Waals surface area contributed by atoms with E-state index in [1.54, 1.807) is 22.7 Å². The molecule has 2 rings (SSSR count). The Morgan fingerprint density at radius 1 is 1.62 bits per heavy atom. The molecule has 0 amide bonds. The van der Waals surface area contributed by atoms with Crippen LogP contribution >= 0.6 is 0 Å². The van der Waals surface area contributed by atoms with E-state index < -0.39 is 0 Å². The lowest BCUT2D eigenvalue weighted by atomic mass is 10.3. The molecule has 0 radical (unpaired) electrons. The molecule has 2 aromatic rings. The van der Waals surface area contributed by atoms with Crippen LogP contribution in [0.25, 0.3) is 5.65 Å². The number of hydrogen-bond acceptors (Lipinski definition) is 3. The van der Waals surface area contributed by atoms with Crippen LogP contribution in [0.2, 0.25) is 0 Å². The summed E-state index contributed by atoms with van der Waals surface area (Å²) in [6.07, 6.45) is 3.86. The fraction of sp³-hybridized carbons (Fsp3) is 0. The van der Waals surface area contributed by atoms with Crippen LogP contribution in [0.4, 0.5) is 0 Å². The van der Waals surface area contributed by atoms with Crippen LogP contribution in [0, 0.1) is 11.3 Å². The summed E-state index contributed by atoms with van der Waals surface area (Å²) >= 11 is 0. The van der Waals surface area contributed by atoms with Gasteiger partial charge in [-0.15, -0.1) is 0 Å². The van der Waals surface area contributed by atoms with Gasteiger partial charge in [-0.25, -0.2) is 4.98 Å². The van der Waals surface area contributed by atoms with Crippen molar-refractivity contribution in [3.8, 4) is 6.07 Å². The van der Waals surface area contributed by atoms with Gasteiger partial charge in [-0.1, -0.05) is 0 Å². The Morgan fingerprint density at radius 2 is 2.46 bits per heavy atom. The number of carbonyl (C=O) groups is 1. The average Bonchev–Trinajstić information content (AvgIpc) is 2.60. The number of aromatic nitrogens is 2. The molecular weight excluding hydrogens is 166 g/mol. The van der Waals surface area contributed by atoms with Crippen LogP contribution < -0.4 is 0 Å². The predicted molar refractivity (Wildman–Crippen MR) is 45.3 cm³/mol. The topological polar surface area (TPSA) is 58.2 Å². The van der Waals surface area contributed by atoms with Crippen LogP contribution in [0.1, 0.15) is 16.1 Å². The van der Waals surface area contributed by atoms with E-state index in [2.05, 4.69) is 4.98 Å². The van der Waals surface area contributed by atoms with E-state index in [1.807, 2.05) is 6.07 Å². The second-order valence-electron chi connectivity index (χ2n) is 2.53. The molecule has 0 aromatic carbocycles. The van der Waals surface area contributed by atoms with Gasteiger partial charge in [-0.05, 0) is 12.1 Å². The van der Waals surface area contributed by atoms with Crippen molar-refractivity contribution in [2.45, 2.75) is 0 Å². The highest BCUT2D eigenvalue weighted by Gasteiger charge is 2.04. The van der Waals surface area contributed by atoms with Crippen LogP contribution in [0.5, 0.6) is 0 Å². The van der Waals surface area contributed by atoms with Crippen molar-refractivity contribution in [2.24, 2.45) is 0 Å². The molecule has 0 aliphatic heterocycles. The second-order valence-corrected chi connectivity index (χ2v) is 2.53. The van der Waals surface area contributed by atoms with E-state index in [4.69, 9.17) is 5.26 Å². The molecule has 0 aliphatic carbocycles. The number of carbonyl (C=O) groups excluding carboxylic acids is 1. The van der Waals surface area contributed by atoms with Gasteiger partial charge in [0.1, 0.15) is 11.8 Å². The van der Waals surface area contributed by atoms with Crippen molar-refractivity contribution >= 4 is 11.9 Å². The highest BCUT2D eigenvalue weighted by Crippen LogP contribution is 2.09. The Kier molecular flexibility index (Phi) is 1.57. The minimum atomic E-state index is 0.451. The van der Waals surface area contributed by atoms with Crippen molar-refractivity contribution in [1.82, 2.24) is 9.38 Å². The molecule has 2 aromatic heterocycles. The number of imidazole rings is 1. The zero-order valence-electron chi connectivity index (χ0n) is 6.64. The lowest BCUT2D eigenvalue weighted by Crippen LogP contribution is -1.91. The molecule has 0 aliphatic rings. The summed E-state index contributed by atoms with van der Waals surface area (Å²) in [5.41, 5.74) is 1.44. The molecule has 4 nitrogen and oxygen atoms in total. The van der Waals surface area contributed by atoms with Crippen LogP contribution in [0.15, 0.2) is 24.5 Å². The van der Waals surface area contributed by atoms with Crippen LogP contribution in [-0.2, 0) is 0 Å². The lowest BCUT2D eigenvalue weighted by molar-refractivity contribution is 0.111. The molecule has 62 valence electrons. The van der Waals surface area contributed by atoms with Gasteiger partial charge < -0.3 is 0 Å². The Morgan fingerprint density at radius 3 is 3.15 bits per heavy atom. The van der Waals surface area contributed by atoms with E-state index >= 15 is 0 Å². The third kappa shape index (κ3) is 0.983. The average molecular weight is 171 g/mol. The van der Waals surface area contributed by atoms with E-state index in [9.17, 15) is 4.79 Å². The molecule has 0 bridgehead atoms. The summed E-state index contributed by atoms with van der Waals surface area (Å²) < 4.78 is 1.59. The highest BCUT2D eigenvalue weighted by molar-refractivity contribution is 5.75. The fourth-order valence-electron chi connectivity index (χ4n) is 1.20. The van der Waals surface area contributed by atoms with Gasteiger partial charge in [0.15, 0.2) is 11.9 Å². The van der Waals surface area contributed by atoms with Gasteiger partial charge in [-0.3, -0.25) is 9.20 Å². The van der Waals surface area contributed by atoms with Gasteiger partial charge in [0.25, 0.3) is 0 Å². The summed E-state index contributed by atoms with van der Waals surface area (Å²) in [5.74, 6) is 0. The monoisotopic (exact) mass is 171 g/mol. The fourth-order valence-corrected chi connectivity index (χ4v) is 1.20. The molecule has 0 unspecified atom stereocenters. The van der Waals surface area contributed by atoms with E-state index in [0.717, 1.165) is 0 Å². The quantitative estimate of drug-likeness (QED) is 0.602. The Hall–Kier alpha value is -2.15. The lowest BCUT2D eigenvalue weighted by Gasteiger charge is -1.94. The maximum Gasteiger partial charge on any atom is 0.168 e. The first-order valence-electron chi connectivity index (χ1n) is 3.68. The van der Waals surface area contributed by atoms with Crippen LogP contribution in [-0.4, -0.2) is 15.7 Å². The molecule has 0 saturated carbocycles. The minimum Gasteiger partial charge on any atom is -0.296 e. The van der Waals surface area contributed by atoms with E-state index in [1.165, 1.54) is 6.20 Å². The molecule has 0 saturated heterocycles. The molecule has 0 N–H and O–H groups in total. The zero-order valence-corrected chi connectivity index (χ0v) is 6.64. The van der Waals surface area contributed by atoms with Gasteiger partial charge in [0, 0.05) is 6.20 Å². The molecule has 0 spiro atoms. The molecule has 0 fully saturated rings. The SMILES string of the molecule is N#Cc1cccn2c(C=O)cnc12. The van der Waals surface area contributed by atoms with Crippen molar-refractivity contribution in [3.63, 3.8) is 0 Å². The Balaban J connectivity index is 2.88. The number of aldehydes is 1. The van der Waals surface area contributed by atoms with Crippen molar-refractivity contribution in [2.75, 3.05) is 0 Å². The van der Waals surface area contributed by atoms with E-state index in [0.29, 0.717) is 23.2 Å². The number of nitriles is 1. The molecular formula is C9H5N3O. The third-order valence-corrected chi connectivity index (χ3v) is 1.81. The van der Waals surface area contributed by atoms with Gasteiger partial charge >= 0.3 is 0 Å². The van der Waals surface area contributed by atoms with Gasteiger partial charge in [0.05, 0.1) is 11.8 Å². The summed E-state index contributed by atoms with van der Waals surface area (Å²) in [6.45, 7) is 0.